The van der Waals surface area contributed by atoms with Gasteiger partial charge in [0, 0.05) is 13.0 Å². The molecule has 0 aliphatic heterocycles. The molecule has 0 radical (unpaired) electrons. The third kappa shape index (κ3) is 2.92. The fourth-order valence-electron chi connectivity index (χ4n) is 2.05. The highest BCUT2D eigenvalue weighted by atomic mass is 19.1. The van der Waals surface area contributed by atoms with E-state index >= 15 is 0 Å². The van der Waals surface area contributed by atoms with E-state index in [9.17, 15) is 13.6 Å². The molecule has 2 rings (SSSR count). The molecule has 0 spiro atoms. The Hall–Kier alpha value is -2.04. The van der Waals surface area contributed by atoms with Gasteiger partial charge in [-0.25, -0.2) is 8.78 Å². The molecule has 3 nitrogen and oxygen atoms in total. The number of halogens is 2. The average Bonchev–Trinajstić information content (AvgIpc) is 2.86. The molecule has 0 bridgehead atoms. The first-order valence-corrected chi connectivity index (χ1v) is 6.59. The molecule has 0 unspecified atom stereocenters. The Morgan fingerprint density at radius 3 is 2.65 bits per heavy atom. The summed E-state index contributed by atoms with van der Waals surface area (Å²) in [5.74, 6) is -1.38. The summed E-state index contributed by atoms with van der Waals surface area (Å²) in [5.41, 5.74) is 1.32. The molecule has 0 fully saturated rings. The van der Waals surface area contributed by atoms with E-state index in [1.54, 1.807) is 10.7 Å². The molecular weight excluding hydrogens is 262 g/mol. The van der Waals surface area contributed by atoms with Gasteiger partial charge in [-0.05, 0) is 43.2 Å². The van der Waals surface area contributed by atoms with E-state index in [0.29, 0.717) is 12.2 Å². The maximum atomic E-state index is 13.6. The van der Waals surface area contributed by atoms with Gasteiger partial charge in [-0.2, -0.15) is 5.10 Å². The van der Waals surface area contributed by atoms with Crippen molar-refractivity contribution >= 4 is 5.78 Å². The van der Waals surface area contributed by atoms with Crippen molar-refractivity contribution in [2.75, 3.05) is 0 Å². The van der Waals surface area contributed by atoms with Gasteiger partial charge in [0.15, 0.2) is 5.78 Å². The van der Waals surface area contributed by atoms with Gasteiger partial charge in [-0.1, -0.05) is 6.92 Å². The molecule has 0 N–H and O–H groups in total. The predicted molar refractivity (Wildman–Crippen MR) is 71.7 cm³/mol. The molecule has 0 aliphatic carbocycles. The lowest BCUT2D eigenvalue weighted by atomic mass is 10.1. The summed E-state index contributed by atoms with van der Waals surface area (Å²) in [6, 6.07) is 4.84. The van der Waals surface area contributed by atoms with Gasteiger partial charge in [-0.15, -0.1) is 0 Å². The van der Waals surface area contributed by atoms with Crippen LogP contribution in [0.2, 0.25) is 0 Å². The summed E-state index contributed by atoms with van der Waals surface area (Å²) in [6.45, 7) is 4.39. The number of hydrogen-bond donors (Lipinski definition) is 0. The Bertz CT molecular complexity index is 635. The summed E-state index contributed by atoms with van der Waals surface area (Å²) < 4.78 is 28.3. The lowest BCUT2D eigenvalue weighted by Gasteiger charge is -2.05. The first-order chi connectivity index (χ1) is 9.55. The Morgan fingerprint density at radius 2 is 2.00 bits per heavy atom. The third-order valence-corrected chi connectivity index (χ3v) is 3.14. The van der Waals surface area contributed by atoms with Gasteiger partial charge in [0.1, 0.15) is 17.3 Å². The van der Waals surface area contributed by atoms with Crippen molar-refractivity contribution in [3.8, 4) is 0 Å². The number of carbonyl (C=O) groups is 1. The summed E-state index contributed by atoms with van der Waals surface area (Å²) >= 11 is 0. The summed E-state index contributed by atoms with van der Waals surface area (Å²) in [6.07, 6.45) is 0.556. The van der Waals surface area contributed by atoms with Crippen LogP contribution in [0.1, 0.15) is 35.6 Å². The first-order valence-electron chi connectivity index (χ1n) is 6.59. The Balaban J connectivity index is 2.28. The zero-order valence-electron chi connectivity index (χ0n) is 11.5. The second-order valence-electron chi connectivity index (χ2n) is 4.53. The molecule has 1 heterocycles. The molecule has 1 aromatic carbocycles. The number of hydrogen-bond acceptors (Lipinski definition) is 2. The number of benzene rings is 1. The number of aryl methyl sites for hydroxylation is 2. The van der Waals surface area contributed by atoms with Crippen molar-refractivity contribution in [3.05, 3.63) is 52.9 Å². The minimum atomic E-state index is -0.571. The van der Waals surface area contributed by atoms with Gasteiger partial charge in [0.05, 0.1) is 5.69 Å². The van der Waals surface area contributed by atoms with Crippen LogP contribution in [0.5, 0.6) is 0 Å². The van der Waals surface area contributed by atoms with Crippen LogP contribution >= 0.6 is 0 Å². The zero-order chi connectivity index (χ0) is 14.7. The van der Waals surface area contributed by atoms with E-state index in [2.05, 4.69) is 5.10 Å². The van der Waals surface area contributed by atoms with Crippen LogP contribution < -0.4 is 0 Å². The van der Waals surface area contributed by atoms with Crippen molar-refractivity contribution < 1.29 is 13.6 Å². The minimum absolute atomic E-state index is 0.0666. The fraction of sp³-hybridized carbons (Fsp3) is 0.333. The SMILES string of the molecule is CCc1cc(C(=O)Cc2cc(F)ccc2F)n(CC)n1. The standard InChI is InChI=1S/C15H16F2N2O/c1-3-12-9-14(19(4-2)18-12)15(20)8-10-7-11(16)5-6-13(10)17/h5-7,9H,3-4,8H2,1-2H3. The zero-order valence-corrected chi connectivity index (χ0v) is 11.5. The molecule has 0 aliphatic rings. The molecule has 0 saturated heterocycles. The van der Waals surface area contributed by atoms with E-state index < -0.39 is 11.6 Å². The number of Topliss-reactive ketones (excluding diaryl/α,β-unsaturated/α-hetero) is 1. The van der Waals surface area contributed by atoms with Crippen LogP contribution in [0.25, 0.3) is 0 Å². The van der Waals surface area contributed by atoms with Crippen LogP contribution in [-0.2, 0) is 19.4 Å². The van der Waals surface area contributed by atoms with Crippen LogP contribution in [0.3, 0.4) is 0 Å². The number of rotatable bonds is 5. The fourth-order valence-corrected chi connectivity index (χ4v) is 2.05. The monoisotopic (exact) mass is 278 g/mol. The average molecular weight is 278 g/mol. The molecule has 5 heteroatoms. The molecular formula is C15H16F2N2O. The van der Waals surface area contributed by atoms with E-state index in [1.165, 1.54) is 0 Å². The highest BCUT2D eigenvalue weighted by Gasteiger charge is 2.16. The number of nitrogens with zero attached hydrogens (tertiary/aromatic N) is 2. The van der Waals surface area contributed by atoms with Crippen LogP contribution in [-0.4, -0.2) is 15.6 Å². The third-order valence-electron chi connectivity index (χ3n) is 3.14. The maximum Gasteiger partial charge on any atom is 0.185 e. The highest BCUT2D eigenvalue weighted by molar-refractivity contribution is 5.96. The summed E-state index contributed by atoms with van der Waals surface area (Å²) in [7, 11) is 0. The summed E-state index contributed by atoms with van der Waals surface area (Å²) in [5, 5.41) is 4.28. The van der Waals surface area contributed by atoms with Gasteiger partial charge in [0.2, 0.25) is 0 Å². The smallest absolute Gasteiger partial charge is 0.185 e. The molecule has 0 saturated carbocycles. The largest absolute Gasteiger partial charge is 0.292 e. The molecule has 20 heavy (non-hydrogen) atoms. The van der Waals surface area contributed by atoms with Gasteiger partial charge in [-0.3, -0.25) is 9.48 Å². The first kappa shape index (κ1) is 14.4. The quantitative estimate of drug-likeness (QED) is 0.787. The number of ketones is 1. The molecule has 0 atom stereocenters. The van der Waals surface area contributed by atoms with E-state index in [0.717, 1.165) is 30.3 Å². The van der Waals surface area contributed by atoms with Crippen molar-refractivity contribution in [1.29, 1.82) is 0 Å². The van der Waals surface area contributed by atoms with Gasteiger partial charge >= 0.3 is 0 Å². The maximum absolute atomic E-state index is 13.6. The second kappa shape index (κ2) is 5.94. The van der Waals surface area contributed by atoms with Gasteiger partial charge < -0.3 is 0 Å². The Kier molecular flexibility index (Phi) is 4.27. The van der Waals surface area contributed by atoms with E-state index in [1.807, 2.05) is 13.8 Å². The molecule has 1 aromatic heterocycles. The minimum Gasteiger partial charge on any atom is -0.292 e. The lowest BCUT2D eigenvalue weighted by Crippen LogP contribution is -2.12. The highest BCUT2D eigenvalue weighted by Crippen LogP contribution is 2.14. The normalized spacial score (nSPS) is 10.8. The topological polar surface area (TPSA) is 34.9 Å². The molecule has 2 aromatic rings. The van der Waals surface area contributed by atoms with E-state index in [-0.39, 0.29) is 17.8 Å². The number of aromatic nitrogens is 2. The number of carbonyl (C=O) groups excluding carboxylic acids is 1. The predicted octanol–water partition coefficient (Wildman–Crippen LogP) is 3.17. The van der Waals surface area contributed by atoms with Crippen molar-refractivity contribution in [2.45, 2.75) is 33.2 Å². The van der Waals surface area contributed by atoms with Crippen molar-refractivity contribution in [2.24, 2.45) is 0 Å². The van der Waals surface area contributed by atoms with Crippen molar-refractivity contribution in [1.82, 2.24) is 9.78 Å². The Morgan fingerprint density at radius 1 is 1.25 bits per heavy atom. The van der Waals surface area contributed by atoms with Crippen LogP contribution in [0.15, 0.2) is 24.3 Å². The van der Waals surface area contributed by atoms with Crippen LogP contribution in [0.4, 0.5) is 8.78 Å². The lowest BCUT2D eigenvalue weighted by molar-refractivity contribution is 0.0981. The van der Waals surface area contributed by atoms with Gasteiger partial charge in [0.25, 0.3) is 0 Å². The van der Waals surface area contributed by atoms with Crippen LogP contribution in [0, 0.1) is 11.6 Å². The Labute approximate surface area is 116 Å². The van der Waals surface area contributed by atoms with Crippen molar-refractivity contribution in [3.63, 3.8) is 0 Å². The van der Waals surface area contributed by atoms with E-state index in [4.69, 9.17) is 0 Å². The molecule has 0 amide bonds. The second-order valence-corrected chi connectivity index (χ2v) is 4.53. The molecule has 106 valence electrons. The summed E-state index contributed by atoms with van der Waals surface area (Å²) in [4.78, 5) is 12.2.